The maximum atomic E-state index is 6.01. The first-order valence-electron chi connectivity index (χ1n) is 7.99. The van der Waals surface area contributed by atoms with Crippen LogP contribution in [0.1, 0.15) is 24.1 Å². The Morgan fingerprint density at radius 1 is 1.04 bits per heavy atom. The Morgan fingerprint density at radius 3 is 2.29 bits per heavy atom. The average molecular weight is 347 g/mol. The molecule has 2 aromatic carbocycles. The summed E-state index contributed by atoms with van der Waals surface area (Å²) in [6.45, 7) is 3.94. The molecule has 0 fully saturated rings. The number of anilines is 1. The van der Waals surface area contributed by atoms with Gasteiger partial charge < -0.3 is 14.4 Å². The summed E-state index contributed by atoms with van der Waals surface area (Å²) in [7, 11) is 5.44. The van der Waals surface area contributed by atoms with Crippen LogP contribution in [0.4, 0.5) is 5.69 Å². The predicted molar refractivity (Wildman–Crippen MR) is 98.2 cm³/mol. The zero-order chi connectivity index (χ0) is 17.3. The smallest absolute Gasteiger partial charge is 0.162 e. The summed E-state index contributed by atoms with van der Waals surface area (Å²) in [5.41, 5.74) is 3.69. The summed E-state index contributed by atoms with van der Waals surface area (Å²) in [6.07, 6.45) is 0. The number of rotatable bonds is 4. The van der Waals surface area contributed by atoms with Gasteiger partial charge in [-0.1, -0.05) is 23.7 Å². The van der Waals surface area contributed by atoms with E-state index in [-0.39, 0.29) is 0 Å². The summed E-state index contributed by atoms with van der Waals surface area (Å²) in [4.78, 5) is 4.67. The van der Waals surface area contributed by atoms with Crippen LogP contribution in [0.2, 0.25) is 5.02 Å². The van der Waals surface area contributed by atoms with Gasteiger partial charge in [0.1, 0.15) is 0 Å². The zero-order valence-corrected chi connectivity index (χ0v) is 15.3. The number of hydrogen-bond donors (Lipinski definition) is 0. The van der Waals surface area contributed by atoms with Gasteiger partial charge in [-0.25, -0.2) is 0 Å². The maximum Gasteiger partial charge on any atom is 0.162 e. The van der Waals surface area contributed by atoms with Crippen LogP contribution in [0.5, 0.6) is 11.5 Å². The molecule has 0 unspecified atom stereocenters. The minimum absolute atomic E-state index is 0.297. The van der Waals surface area contributed by atoms with Gasteiger partial charge in [0.25, 0.3) is 0 Å². The van der Waals surface area contributed by atoms with E-state index in [0.29, 0.717) is 6.04 Å². The molecule has 1 heterocycles. The normalized spacial score (nSPS) is 15.8. The largest absolute Gasteiger partial charge is 0.493 e. The van der Waals surface area contributed by atoms with Crippen LogP contribution < -0.4 is 14.4 Å². The van der Waals surface area contributed by atoms with Gasteiger partial charge in [-0.2, -0.15) is 0 Å². The van der Waals surface area contributed by atoms with E-state index in [0.717, 1.165) is 29.7 Å². The molecule has 0 radical (unpaired) electrons. The molecule has 128 valence electrons. The standard InChI is InChI=1S/C19H23ClN2O2/c1-13(14-5-7-16(20)8-6-14)22-11-15-9-18(23-3)19(24-4)10-17(15)21(2)12-22/h5-10,13H,11-12H2,1-4H3/t13-/m1/s1. The highest BCUT2D eigenvalue weighted by Crippen LogP contribution is 2.39. The molecule has 0 aromatic heterocycles. The van der Waals surface area contributed by atoms with Gasteiger partial charge in [0, 0.05) is 36.4 Å². The van der Waals surface area contributed by atoms with E-state index in [1.807, 2.05) is 12.1 Å². The maximum absolute atomic E-state index is 6.01. The molecule has 0 amide bonds. The van der Waals surface area contributed by atoms with Crippen LogP contribution >= 0.6 is 11.6 Å². The average Bonchev–Trinajstić information content (AvgIpc) is 2.60. The van der Waals surface area contributed by atoms with Crippen molar-refractivity contribution in [2.75, 3.05) is 32.8 Å². The van der Waals surface area contributed by atoms with E-state index < -0.39 is 0 Å². The minimum atomic E-state index is 0.297. The van der Waals surface area contributed by atoms with Crippen molar-refractivity contribution >= 4 is 17.3 Å². The SMILES string of the molecule is COc1cc2c(cc1OC)N(C)CN([C@H](C)c1ccc(Cl)cc1)C2. The van der Waals surface area contributed by atoms with Crippen molar-refractivity contribution in [1.82, 2.24) is 4.90 Å². The monoisotopic (exact) mass is 346 g/mol. The van der Waals surface area contributed by atoms with Gasteiger partial charge in [-0.05, 0) is 36.2 Å². The van der Waals surface area contributed by atoms with Crippen molar-refractivity contribution < 1.29 is 9.47 Å². The molecule has 0 spiro atoms. The van der Waals surface area contributed by atoms with Crippen LogP contribution in [0, 0.1) is 0 Å². The lowest BCUT2D eigenvalue weighted by atomic mass is 10.0. The summed E-state index contributed by atoms with van der Waals surface area (Å²) in [6, 6.07) is 12.5. The van der Waals surface area contributed by atoms with E-state index in [9.17, 15) is 0 Å². The molecule has 3 rings (SSSR count). The molecule has 0 saturated carbocycles. The molecule has 0 saturated heterocycles. The lowest BCUT2D eigenvalue weighted by Gasteiger charge is -2.40. The van der Waals surface area contributed by atoms with E-state index >= 15 is 0 Å². The second kappa shape index (κ2) is 6.91. The van der Waals surface area contributed by atoms with Crippen molar-refractivity contribution in [3.05, 3.63) is 52.5 Å². The highest BCUT2D eigenvalue weighted by atomic mass is 35.5. The number of nitrogens with zero attached hydrogens (tertiary/aromatic N) is 2. The number of benzene rings is 2. The Morgan fingerprint density at radius 2 is 1.67 bits per heavy atom. The fourth-order valence-electron chi connectivity index (χ4n) is 3.22. The number of halogens is 1. The quantitative estimate of drug-likeness (QED) is 0.822. The molecule has 4 nitrogen and oxygen atoms in total. The first kappa shape index (κ1) is 16.9. The van der Waals surface area contributed by atoms with Crippen LogP contribution in [-0.4, -0.2) is 32.8 Å². The Balaban J connectivity index is 1.89. The van der Waals surface area contributed by atoms with Gasteiger partial charge in [0.05, 0.1) is 20.9 Å². The minimum Gasteiger partial charge on any atom is -0.493 e. The molecule has 1 aliphatic rings. The zero-order valence-electron chi connectivity index (χ0n) is 14.5. The first-order valence-corrected chi connectivity index (χ1v) is 8.37. The Labute approximate surface area is 148 Å². The number of ether oxygens (including phenoxy) is 2. The van der Waals surface area contributed by atoms with Crippen LogP contribution in [-0.2, 0) is 6.54 Å². The van der Waals surface area contributed by atoms with Crippen molar-refractivity contribution in [2.24, 2.45) is 0 Å². The molecule has 0 N–H and O–H groups in total. The Bertz CT molecular complexity index is 718. The second-order valence-corrected chi connectivity index (χ2v) is 6.59. The van der Waals surface area contributed by atoms with Crippen LogP contribution in [0.3, 0.4) is 0 Å². The molecule has 0 bridgehead atoms. The van der Waals surface area contributed by atoms with Gasteiger partial charge >= 0.3 is 0 Å². The van der Waals surface area contributed by atoms with Gasteiger partial charge in [-0.3, -0.25) is 4.90 Å². The molecular weight excluding hydrogens is 324 g/mol. The number of fused-ring (bicyclic) bond motifs is 1. The number of hydrogen-bond acceptors (Lipinski definition) is 4. The topological polar surface area (TPSA) is 24.9 Å². The molecule has 1 atom stereocenters. The van der Waals surface area contributed by atoms with Gasteiger partial charge in [0.2, 0.25) is 0 Å². The van der Waals surface area contributed by atoms with Gasteiger partial charge in [-0.15, -0.1) is 0 Å². The summed E-state index contributed by atoms with van der Waals surface area (Å²) in [5.74, 6) is 1.54. The van der Waals surface area contributed by atoms with Crippen LogP contribution in [0.25, 0.3) is 0 Å². The van der Waals surface area contributed by atoms with Crippen molar-refractivity contribution in [2.45, 2.75) is 19.5 Å². The predicted octanol–water partition coefficient (Wildman–Crippen LogP) is 4.33. The van der Waals surface area contributed by atoms with Crippen LogP contribution in [0.15, 0.2) is 36.4 Å². The third kappa shape index (κ3) is 3.17. The summed E-state index contributed by atoms with van der Waals surface area (Å²) in [5, 5.41) is 0.767. The second-order valence-electron chi connectivity index (χ2n) is 6.15. The summed E-state index contributed by atoms with van der Waals surface area (Å²) < 4.78 is 10.9. The lowest BCUT2D eigenvalue weighted by Crippen LogP contribution is -2.41. The fourth-order valence-corrected chi connectivity index (χ4v) is 3.35. The first-order chi connectivity index (χ1) is 11.5. The third-order valence-electron chi connectivity index (χ3n) is 4.66. The number of methoxy groups -OCH3 is 2. The molecular formula is C19H23ClN2O2. The Hall–Kier alpha value is -1.91. The summed E-state index contributed by atoms with van der Waals surface area (Å²) >= 11 is 6.01. The van der Waals surface area contributed by atoms with Crippen molar-refractivity contribution in [3.8, 4) is 11.5 Å². The molecule has 24 heavy (non-hydrogen) atoms. The van der Waals surface area contributed by atoms with E-state index in [4.69, 9.17) is 21.1 Å². The van der Waals surface area contributed by atoms with E-state index in [1.54, 1.807) is 14.2 Å². The van der Waals surface area contributed by atoms with E-state index in [2.05, 4.69) is 48.0 Å². The van der Waals surface area contributed by atoms with Crippen molar-refractivity contribution in [3.63, 3.8) is 0 Å². The Kier molecular flexibility index (Phi) is 4.88. The van der Waals surface area contributed by atoms with Gasteiger partial charge in [0.15, 0.2) is 11.5 Å². The lowest BCUT2D eigenvalue weighted by molar-refractivity contribution is 0.194. The molecule has 5 heteroatoms. The third-order valence-corrected chi connectivity index (χ3v) is 4.92. The molecule has 2 aromatic rings. The highest BCUT2D eigenvalue weighted by molar-refractivity contribution is 6.30. The molecule has 1 aliphatic heterocycles. The molecule has 0 aliphatic carbocycles. The fraction of sp³-hybridized carbons (Fsp3) is 0.368. The highest BCUT2D eigenvalue weighted by Gasteiger charge is 2.26. The van der Waals surface area contributed by atoms with Crippen molar-refractivity contribution in [1.29, 1.82) is 0 Å². The van der Waals surface area contributed by atoms with E-state index in [1.165, 1.54) is 16.8 Å².